The highest BCUT2D eigenvalue weighted by molar-refractivity contribution is 6.73. The van der Waals surface area contributed by atoms with Gasteiger partial charge in [-0.05, 0) is 48.3 Å². The number of esters is 4. The van der Waals surface area contributed by atoms with E-state index < -0.39 is 96.8 Å². The van der Waals surface area contributed by atoms with E-state index in [-0.39, 0.29) is 25.0 Å². The number of hydrogen-bond acceptors (Lipinski definition) is 12. The fourth-order valence-corrected chi connectivity index (χ4v) is 12.9. The first kappa shape index (κ1) is 40.1. The molecule has 52 heavy (non-hydrogen) atoms. The van der Waals surface area contributed by atoms with Crippen molar-refractivity contribution in [3.05, 3.63) is 47.0 Å². The van der Waals surface area contributed by atoms with Crippen molar-refractivity contribution in [2.45, 2.75) is 148 Å². The summed E-state index contributed by atoms with van der Waals surface area (Å²) in [6.45, 7) is 16.9. The minimum Gasteiger partial charge on any atom is -0.458 e. The molecule has 1 aliphatic heterocycles. The number of aliphatic hydroxyl groups is 2. The molecule has 288 valence electrons. The molecule has 2 N–H and O–H groups in total. The summed E-state index contributed by atoms with van der Waals surface area (Å²) in [5, 5.41) is 26.7. The van der Waals surface area contributed by atoms with Crippen molar-refractivity contribution in [1.82, 2.24) is 0 Å². The van der Waals surface area contributed by atoms with Gasteiger partial charge in [-0.3, -0.25) is 14.4 Å². The van der Waals surface area contributed by atoms with Crippen LogP contribution in [0, 0.1) is 16.7 Å². The van der Waals surface area contributed by atoms with Crippen molar-refractivity contribution in [3.63, 3.8) is 0 Å². The molecule has 2 saturated carbocycles. The van der Waals surface area contributed by atoms with E-state index in [0.29, 0.717) is 11.1 Å². The summed E-state index contributed by atoms with van der Waals surface area (Å²) in [5.74, 6) is -3.86. The predicted molar refractivity (Wildman–Crippen MR) is 191 cm³/mol. The van der Waals surface area contributed by atoms with Crippen molar-refractivity contribution < 1.29 is 57.5 Å². The molecule has 1 aromatic carbocycles. The molecule has 10 atom stereocenters. The lowest BCUT2D eigenvalue weighted by atomic mass is 9.44. The summed E-state index contributed by atoms with van der Waals surface area (Å²) >= 11 is 0. The van der Waals surface area contributed by atoms with E-state index in [9.17, 15) is 29.4 Å². The Morgan fingerprint density at radius 1 is 0.904 bits per heavy atom. The minimum atomic E-state index is -2.47. The van der Waals surface area contributed by atoms with Gasteiger partial charge in [-0.25, -0.2) is 4.79 Å². The Bertz CT molecular complexity index is 1580. The highest BCUT2D eigenvalue weighted by Gasteiger charge is 2.78. The number of ether oxygens (including phenoxy) is 5. The second kappa shape index (κ2) is 14.3. The van der Waals surface area contributed by atoms with Crippen LogP contribution >= 0.6 is 0 Å². The van der Waals surface area contributed by atoms with Gasteiger partial charge in [-0.1, -0.05) is 59.7 Å². The van der Waals surface area contributed by atoms with Crippen LogP contribution in [0.15, 0.2) is 41.5 Å². The van der Waals surface area contributed by atoms with Gasteiger partial charge in [0.2, 0.25) is 0 Å². The minimum absolute atomic E-state index is 0.113. The van der Waals surface area contributed by atoms with Gasteiger partial charge in [0.05, 0.1) is 24.2 Å². The Hall–Kier alpha value is -3.10. The van der Waals surface area contributed by atoms with Crippen LogP contribution in [0.4, 0.5) is 0 Å². The predicted octanol–water partition coefficient (Wildman–Crippen LogP) is 5.04. The third-order valence-electron chi connectivity index (χ3n) is 13.0. The van der Waals surface area contributed by atoms with E-state index in [0.717, 1.165) is 18.1 Å². The molecule has 13 heteroatoms. The van der Waals surface area contributed by atoms with E-state index in [1.807, 2.05) is 0 Å². The second-order valence-corrected chi connectivity index (χ2v) is 20.6. The van der Waals surface area contributed by atoms with Crippen LogP contribution in [-0.4, -0.2) is 96.8 Å². The highest BCUT2D eigenvalue weighted by Crippen LogP contribution is 2.66. The first-order valence-electron chi connectivity index (χ1n) is 18.5. The fraction of sp³-hybridized carbons (Fsp3) is 0.692. The number of rotatable bonds is 10. The number of hydrogen-bond donors (Lipinski definition) is 2. The molecule has 0 amide bonds. The van der Waals surface area contributed by atoms with Gasteiger partial charge < -0.3 is 38.3 Å². The molecule has 1 saturated heterocycles. The lowest BCUT2D eigenvalue weighted by Gasteiger charge is -2.70. The van der Waals surface area contributed by atoms with E-state index in [4.69, 9.17) is 28.1 Å². The zero-order valence-electron chi connectivity index (χ0n) is 32.1. The molecule has 3 fully saturated rings. The summed E-state index contributed by atoms with van der Waals surface area (Å²) in [6, 6.07) is 10.7. The maximum absolute atomic E-state index is 14.3. The van der Waals surface area contributed by atoms with Crippen molar-refractivity contribution in [2.75, 3.05) is 6.61 Å². The van der Waals surface area contributed by atoms with E-state index in [2.05, 4.69) is 20.8 Å². The molecule has 2 bridgehead atoms. The maximum Gasteiger partial charge on any atom is 0.338 e. The quantitative estimate of drug-likeness (QED) is 0.142. The summed E-state index contributed by atoms with van der Waals surface area (Å²) in [5.41, 5.74) is -5.41. The lowest BCUT2D eigenvalue weighted by Crippen LogP contribution is -2.83. The van der Waals surface area contributed by atoms with Crippen molar-refractivity contribution in [2.24, 2.45) is 16.7 Å². The Labute approximate surface area is 307 Å². The Morgan fingerprint density at radius 3 is 2.00 bits per heavy atom. The summed E-state index contributed by atoms with van der Waals surface area (Å²) in [6.07, 6.45) is -7.00. The monoisotopic (exact) mass is 744 g/mol. The highest BCUT2D eigenvalue weighted by atomic mass is 28.4. The smallest absolute Gasteiger partial charge is 0.338 e. The molecular formula is C39H56O12Si. The second-order valence-electron chi connectivity index (χ2n) is 15.9. The average molecular weight is 745 g/mol. The van der Waals surface area contributed by atoms with Gasteiger partial charge in [-0.2, -0.15) is 0 Å². The molecule has 5 rings (SSSR count). The van der Waals surface area contributed by atoms with Crippen LogP contribution in [0.3, 0.4) is 0 Å². The topological polar surface area (TPSA) is 164 Å². The van der Waals surface area contributed by atoms with Gasteiger partial charge in [0.1, 0.15) is 30.0 Å². The summed E-state index contributed by atoms with van der Waals surface area (Å²) in [4.78, 5) is 52.9. The fourth-order valence-electron chi connectivity index (χ4n) is 9.92. The van der Waals surface area contributed by atoms with E-state index in [1.165, 1.54) is 20.8 Å². The van der Waals surface area contributed by atoms with Crippen LogP contribution in [0.5, 0.6) is 0 Å². The number of benzene rings is 1. The van der Waals surface area contributed by atoms with Gasteiger partial charge in [0.25, 0.3) is 0 Å². The van der Waals surface area contributed by atoms with Crippen LogP contribution < -0.4 is 0 Å². The number of carbonyl (C=O) groups excluding carboxylic acids is 4. The third-order valence-corrected chi connectivity index (χ3v) is 17.7. The zero-order valence-corrected chi connectivity index (χ0v) is 33.1. The van der Waals surface area contributed by atoms with Gasteiger partial charge in [0.15, 0.2) is 20.0 Å². The molecule has 4 aliphatic rings. The normalized spacial score (nSPS) is 36.5. The van der Waals surface area contributed by atoms with Crippen LogP contribution in [0.2, 0.25) is 18.1 Å². The largest absolute Gasteiger partial charge is 0.458 e. The van der Waals surface area contributed by atoms with Crippen molar-refractivity contribution in [3.8, 4) is 0 Å². The molecule has 1 aromatic rings. The van der Waals surface area contributed by atoms with E-state index in [1.54, 1.807) is 58.0 Å². The standard InChI is InChI=1S/C39H56O12Si/c1-11-52(12-2,13-3)51-28-19-29-38(21-46-29,50-25(7)42)32-34(49-35(44)26-17-15-14-16-18-26)39(45)20-27(47-23(5)40)22(4)30(36(39,8)9)31(48-24(6)41)33(43)37(28,32)10/h14-18,27-29,31-34,43,45H,11-13,19-21H2,1-10H3/t27-,28-,29+,31+,32-,33-,34-,37+,38-,39+/m0/s1. The first-order valence-corrected chi connectivity index (χ1v) is 21.0. The first-order chi connectivity index (χ1) is 24.3. The number of fused-ring (bicyclic) bond motifs is 5. The van der Waals surface area contributed by atoms with Crippen LogP contribution in [0.1, 0.15) is 92.4 Å². The maximum atomic E-state index is 14.3. The molecule has 0 aromatic heterocycles. The molecule has 0 unspecified atom stereocenters. The van der Waals surface area contributed by atoms with Crippen LogP contribution in [0.25, 0.3) is 0 Å². The Balaban J connectivity index is 1.90. The molecule has 1 heterocycles. The average Bonchev–Trinajstić information content (AvgIpc) is 3.07. The molecule has 0 radical (unpaired) electrons. The van der Waals surface area contributed by atoms with Gasteiger partial charge in [-0.15, -0.1) is 0 Å². The Morgan fingerprint density at radius 2 is 1.50 bits per heavy atom. The SMILES string of the molecule is CC[Si](CC)(CC)O[C@H]1C[C@H]2OC[C@@]2(OC(C)=O)[C@H]2[C@H](OC(=O)c3ccccc3)[C@]3(O)C[C@H](OC(C)=O)C(C)=C([C@@H](OC(C)=O)[C@H](O)[C@]12C)C3(C)C. The number of carbonyl (C=O) groups is 4. The third kappa shape index (κ3) is 6.23. The van der Waals surface area contributed by atoms with E-state index >= 15 is 0 Å². The van der Waals surface area contributed by atoms with Gasteiger partial charge >= 0.3 is 23.9 Å². The zero-order chi connectivity index (χ0) is 38.6. The van der Waals surface area contributed by atoms with Crippen LogP contribution in [-0.2, 0) is 42.5 Å². The summed E-state index contributed by atoms with van der Waals surface area (Å²) < 4.78 is 38.2. The lowest BCUT2D eigenvalue weighted by molar-refractivity contribution is -0.363. The van der Waals surface area contributed by atoms with Crippen molar-refractivity contribution in [1.29, 1.82) is 0 Å². The molecular weight excluding hydrogens is 689 g/mol. The van der Waals surface area contributed by atoms with Crippen molar-refractivity contribution >= 4 is 32.2 Å². The number of aliphatic hydroxyl groups excluding tert-OH is 1. The molecule has 0 spiro atoms. The Kier molecular flexibility index (Phi) is 11.0. The molecule has 3 aliphatic carbocycles. The van der Waals surface area contributed by atoms with Gasteiger partial charge in [0, 0.05) is 44.4 Å². The summed E-state index contributed by atoms with van der Waals surface area (Å²) in [7, 11) is -2.47. The molecule has 12 nitrogen and oxygen atoms in total.